The van der Waals surface area contributed by atoms with Crippen LogP contribution in [0.2, 0.25) is 0 Å². The van der Waals surface area contributed by atoms with Gasteiger partial charge in [-0.15, -0.1) is 24.2 Å². The first-order valence-electron chi connectivity index (χ1n) is 4.14. The van der Waals surface area contributed by atoms with Crippen LogP contribution in [0, 0.1) is 0 Å². The number of phenolic OH excluding ortho intramolecular Hbond substituents is 2. The summed E-state index contributed by atoms with van der Waals surface area (Å²) in [5.41, 5.74) is 5.29. The molecule has 0 fully saturated rings. The molecular formula is C9H14ClNO5S. The Morgan fingerprint density at radius 3 is 2.53 bits per heavy atom. The first-order valence-corrected chi connectivity index (χ1v) is 5.13. The zero-order chi connectivity index (χ0) is 11.4. The molecule has 0 spiro atoms. The van der Waals surface area contributed by atoms with Crippen molar-refractivity contribution >= 4 is 30.1 Å². The highest BCUT2D eigenvalue weighted by Crippen LogP contribution is 2.35. The van der Waals surface area contributed by atoms with Gasteiger partial charge in [-0.25, -0.2) is 0 Å². The van der Waals surface area contributed by atoms with E-state index in [0.717, 1.165) is 11.8 Å². The van der Waals surface area contributed by atoms with Crippen LogP contribution in [0.3, 0.4) is 0 Å². The summed E-state index contributed by atoms with van der Waals surface area (Å²) in [4.78, 5) is 10.8. The van der Waals surface area contributed by atoms with Gasteiger partial charge in [-0.05, 0) is 12.1 Å². The largest absolute Gasteiger partial charge is 0.504 e. The lowest BCUT2D eigenvalue weighted by Crippen LogP contribution is -2.32. The highest BCUT2D eigenvalue weighted by atomic mass is 35.5. The predicted octanol–water partition coefficient (Wildman–Crippen LogP) is 0.199. The smallest absolute Gasteiger partial charge is 0.321 e. The van der Waals surface area contributed by atoms with Crippen molar-refractivity contribution in [1.29, 1.82) is 0 Å². The molecule has 98 valence electrons. The van der Waals surface area contributed by atoms with Gasteiger partial charge in [0.25, 0.3) is 0 Å². The summed E-state index contributed by atoms with van der Waals surface area (Å²) in [7, 11) is 0. The van der Waals surface area contributed by atoms with E-state index in [1.54, 1.807) is 12.1 Å². The summed E-state index contributed by atoms with van der Waals surface area (Å²) in [6.45, 7) is 0. The van der Waals surface area contributed by atoms with Crippen LogP contribution in [-0.4, -0.2) is 38.6 Å². The molecule has 17 heavy (non-hydrogen) atoms. The highest BCUT2D eigenvalue weighted by Gasteiger charge is 2.13. The van der Waals surface area contributed by atoms with Gasteiger partial charge >= 0.3 is 5.97 Å². The molecular weight excluding hydrogens is 270 g/mol. The number of carboxylic acid groups (broad SMARTS) is 1. The molecule has 0 aliphatic heterocycles. The van der Waals surface area contributed by atoms with E-state index in [-0.39, 0.29) is 35.1 Å². The average Bonchev–Trinajstić information content (AvgIpc) is 2.19. The van der Waals surface area contributed by atoms with E-state index >= 15 is 0 Å². The summed E-state index contributed by atoms with van der Waals surface area (Å²) in [6, 6.07) is 3.49. The van der Waals surface area contributed by atoms with E-state index < -0.39 is 12.0 Å². The van der Waals surface area contributed by atoms with Crippen molar-refractivity contribution < 1.29 is 25.6 Å². The van der Waals surface area contributed by atoms with E-state index in [0.29, 0.717) is 4.90 Å². The molecule has 0 saturated heterocycles. The summed E-state index contributed by atoms with van der Waals surface area (Å²) >= 11 is 1.08. The Morgan fingerprint density at radius 2 is 2.00 bits per heavy atom. The average molecular weight is 284 g/mol. The normalized spacial score (nSPS) is 10.9. The Hall–Kier alpha value is -1.15. The lowest BCUT2D eigenvalue weighted by molar-refractivity contribution is -0.137. The van der Waals surface area contributed by atoms with Crippen molar-refractivity contribution in [2.75, 3.05) is 5.75 Å². The van der Waals surface area contributed by atoms with Gasteiger partial charge in [-0.1, -0.05) is 6.07 Å². The zero-order valence-electron chi connectivity index (χ0n) is 8.66. The molecule has 0 aromatic heterocycles. The fourth-order valence-corrected chi connectivity index (χ4v) is 1.80. The van der Waals surface area contributed by atoms with Crippen LogP contribution in [0.15, 0.2) is 23.1 Å². The molecule has 1 aromatic rings. The maximum absolute atomic E-state index is 10.4. The predicted molar refractivity (Wildman–Crippen MR) is 67.0 cm³/mol. The van der Waals surface area contributed by atoms with Gasteiger partial charge < -0.3 is 26.5 Å². The quantitative estimate of drug-likeness (QED) is 0.460. The molecule has 0 radical (unpaired) electrons. The van der Waals surface area contributed by atoms with Crippen molar-refractivity contribution in [2.24, 2.45) is 5.73 Å². The topological polar surface area (TPSA) is 135 Å². The number of aromatic hydroxyl groups is 2. The molecule has 0 saturated carbocycles. The first kappa shape index (κ1) is 18.2. The minimum absolute atomic E-state index is 0. The Labute approximate surface area is 108 Å². The van der Waals surface area contributed by atoms with Crippen molar-refractivity contribution in [3.8, 4) is 11.5 Å². The van der Waals surface area contributed by atoms with Crippen LogP contribution >= 0.6 is 24.2 Å². The minimum atomic E-state index is -1.10. The second-order valence-electron chi connectivity index (χ2n) is 2.88. The van der Waals surface area contributed by atoms with Crippen LogP contribution < -0.4 is 5.73 Å². The van der Waals surface area contributed by atoms with E-state index in [1.807, 2.05) is 0 Å². The third-order valence-corrected chi connectivity index (χ3v) is 2.88. The Bertz CT molecular complexity index is 376. The van der Waals surface area contributed by atoms with Crippen LogP contribution in [0.25, 0.3) is 0 Å². The van der Waals surface area contributed by atoms with Gasteiger partial charge in [0, 0.05) is 5.75 Å². The summed E-state index contributed by atoms with van der Waals surface area (Å²) in [5, 5.41) is 27.1. The van der Waals surface area contributed by atoms with Crippen LogP contribution in [0.1, 0.15) is 0 Å². The molecule has 0 unspecified atom stereocenters. The number of thioether (sulfide) groups is 1. The van der Waals surface area contributed by atoms with Gasteiger partial charge in [0.05, 0.1) is 4.90 Å². The van der Waals surface area contributed by atoms with Crippen molar-refractivity contribution in [2.45, 2.75) is 10.9 Å². The number of hydrogen-bond acceptors (Lipinski definition) is 5. The molecule has 0 heterocycles. The zero-order valence-corrected chi connectivity index (χ0v) is 10.3. The summed E-state index contributed by atoms with van der Waals surface area (Å²) < 4.78 is 0. The molecule has 6 nitrogen and oxygen atoms in total. The van der Waals surface area contributed by atoms with Crippen molar-refractivity contribution in [3.63, 3.8) is 0 Å². The molecule has 1 aromatic carbocycles. The molecule has 0 amide bonds. The maximum Gasteiger partial charge on any atom is 0.321 e. The molecule has 0 aliphatic rings. The van der Waals surface area contributed by atoms with Gasteiger partial charge in [-0.2, -0.15) is 0 Å². The molecule has 8 heteroatoms. The SMILES string of the molecule is Cl.N[C@@H](CSc1cccc(O)c1O)C(=O)O.O. The molecule has 0 bridgehead atoms. The van der Waals surface area contributed by atoms with Crippen LogP contribution in [0.5, 0.6) is 11.5 Å². The number of hydrogen-bond donors (Lipinski definition) is 4. The molecule has 1 rings (SSSR count). The number of carboxylic acids is 1. The third-order valence-electron chi connectivity index (χ3n) is 1.71. The maximum atomic E-state index is 10.4. The van der Waals surface area contributed by atoms with Crippen molar-refractivity contribution in [1.82, 2.24) is 0 Å². The minimum Gasteiger partial charge on any atom is -0.504 e. The van der Waals surface area contributed by atoms with Gasteiger partial charge in [0.15, 0.2) is 11.5 Å². The number of para-hydroxylation sites is 1. The Kier molecular flexibility index (Phi) is 8.59. The fraction of sp³-hybridized carbons (Fsp3) is 0.222. The third kappa shape index (κ3) is 5.14. The monoisotopic (exact) mass is 283 g/mol. The lowest BCUT2D eigenvalue weighted by atomic mass is 10.3. The number of nitrogens with two attached hydrogens (primary N) is 1. The first-order chi connectivity index (χ1) is 7.02. The fourth-order valence-electron chi connectivity index (χ4n) is 0.878. The highest BCUT2D eigenvalue weighted by molar-refractivity contribution is 7.99. The van der Waals surface area contributed by atoms with E-state index in [9.17, 15) is 9.90 Å². The Morgan fingerprint density at radius 1 is 1.41 bits per heavy atom. The number of benzene rings is 1. The van der Waals surface area contributed by atoms with E-state index in [4.69, 9.17) is 15.9 Å². The number of aliphatic carboxylic acids is 1. The van der Waals surface area contributed by atoms with E-state index in [2.05, 4.69) is 0 Å². The van der Waals surface area contributed by atoms with Gasteiger partial charge in [-0.3, -0.25) is 4.79 Å². The van der Waals surface area contributed by atoms with Gasteiger partial charge in [0.2, 0.25) is 0 Å². The lowest BCUT2D eigenvalue weighted by Gasteiger charge is -2.07. The Balaban J connectivity index is 0. The molecule has 0 aliphatic carbocycles. The summed E-state index contributed by atoms with van der Waals surface area (Å²) in [5.74, 6) is -1.45. The number of carbonyl (C=O) groups is 1. The standard InChI is InChI=1S/C9H11NO4S.ClH.H2O/c10-5(9(13)14)4-15-7-3-1-2-6(11)8(7)12;;/h1-3,5,11-12H,4,10H2,(H,13,14);1H;1H2/t5-;;/m0../s1. The number of rotatable bonds is 4. The second kappa shape index (κ2) is 8.02. The summed E-state index contributed by atoms with van der Waals surface area (Å²) in [6.07, 6.45) is 0. The van der Waals surface area contributed by atoms with Crippen molar-refractivity contribution in [3.05, 3.63) is 18.2 Å². The molecule has 1 atom stereocenters. The molecule has 7 N–H and O–H groups in total. The van der Waals surface area contributed by atoms with Gasteiger partial charge in [0.1, 0.15) is 6.04 Å². The van der Waals surface area contributed by atoms with Crippen LogP contribution in [-0.2, 0) is 4.79 Å². The van der Waals surface area contributed by atoms with Crippen LogP contribution in [0.4, 0.5) is 0 Å². The second-order valence-corrected chi connectivity index (χ2v) is 3.94. The number of halogens is 1. The number of phenols is 2. The van der Waals surface area contributed by atoms with E-state index in [1.165, 1.54) is 6.07 Å².